The molecule has 0 unspecified atom stereocenters. The van der Waals surface area contributed by atoms with Crippen LogP contribution in [0, 0.1) is 0 Å². The lowest BCUT2D eigenvalue weighted by molar-refractivity contribution is -0.142. The Morgan fingerprint density at radius 2 is 2.00 bits per heavy atom. The molecule has 140 valence electrons. The molecule has 0 bridgehead atoms. The van der Waals surface area contributed by atoms with Crippen LogP contribution in [0.25, 0.3) is 10.9 Å². The van der Waals surface area contributed by atoms with Crippen LogP contribution in [0.1, 0.15) is 11.3 Å². The number of hydrogen-bond acceptors (Lipinski definition) is 4. The maximum atomic E-state index is 10.4. The topological polar surface area (TPSA) is 73.1 Å². The first-order valence-corrected chi connectivity index (χ1v) is 8.73. The summed E-state index contributed by atoms with van der Waals surface area (Å²) in [6.07, 6.45) is 1.47. The molecule has 0 amide bonds. The van der Waals surface area contributed by atoms with Gasteiger partial charge in [-0.2, -0.15) is 0 Å². The molecule has 2 aromatic carbocycles. The minimum absolute atomic E-state index is 0.368. The molecule has 27 heavy (non-hydrogen) atoms. The van der Waals surface area contributed by atoms with Crippen molar-refractivity contribution < 1.29 is 19.5 Å². The molecule has 0 aliphatic carbocycles. The van der Waals surface area contributed by atoms with Crippen molar-refractivity contribution in [1.82, 2.24) is 4.57 Å². The molecule has 1 N–H and O–H groups in total. The second kappa shape index (κ2) is 8.33. The van der Waals surface area contributed by atoms with Gasteiger partial charge in [-0.1, -0.05) is 34.4 Å². The van der Waals surface area contributed by atoms with Gasteiger partial charge in [-0.15, -0.1) is 0 Å². The van der Waals surface area contributed by atoms with Gasteiger partial charge < -0.3 is 19.2 Å². The van der Waals surface area contributed by atoms with Gasteiger partial charge in [0.05, 0.1) is 22.0 Å². The predicted octanol–water partition coefficient (Wildman–Crippen LogP) is 4.50. The Hall–Kier alpha value is -2.70. The summed E-state index contributed by atoms with van der Waals surface area (Å²) >= 11 is 11.9. The van der Waals surface area contributed by atoms with Crippen LogP contribution in [0.3, 0.4) is 0 Å². The summed E-state index contributed by atoms with van der Waals surface area (Å²) in [6.45, 7) is -0.111. The molecular weight excluding hydrogens is 391 g/mol. The van der Waals surface area contributed by atoms with Gasteiger partial charge in [0.25, 0.3) is 0 Å². The smallest absolute Gasteiger partial charge is 0.344 e. The van der Waals surface area contributed by atoms with Crippen molar-refractivity contribution >= 4 is 46.3 Å². The Kier molecular flexibility index (Phi) is 5.88. The number of nitrogens with zero attached hydrogens (tertiary/aromatic N) is 2. The first kappa shape index (κ1) is 19.1. The van der Waals surface area contributed by atoms with Gasteiger partial charge in [-0.25, -0.2) is 4.79 Å². The molecule has 6 nitrogen and oxygen atoms in total. The van der Waals surface area contributed by atoms with Gasteiger partial charge in [0.15, 0.2) is 0 Å². The second-order valence-corrected chi connectivity index (χ2v) is 6.60. The Labute approximate surface area is 165 Å². The number of carboxylic acids is 1. The van der Waals surface area contributed by atoms with Crippen molar-refractivity contribution in [3.8, 4) is 5.75 Å². The highest BCUT2D eigenvalue weighted by Crippen LogP contribution is 2.26. The number of fused-ring (bicyclic) bond motifs is 1. The highest BCUT2D eigenvalue weighted by atomic mass is 35.5. The van der Waals surface area contributed by atoms with E-state index in [0.717, 1.165) is 22.2 Å². The minimum Gasteiger partial charge on any atom is -0.489 e. The number of halogens is 2. The number of ether oxygens (including phenoxy) is 1. The lowest BCUT2D eigenvalue weighted by Gasteiger charge is -2.08. The van der Waals surface area contributed by atoms with Gasteiger partial charge in [0.2, 0.25) is 6.61 Å². The van der Waals surface area contributed by atoms with Gasteiger partial charge in [0, 0.05) is 18.0 Å². The largest absolute Gasteiger partial charge is 0.489 e. The van der Waals surface area contributed by atoms with Crippen molar-refractivity contribution in [2.24, 2.45) is 12.2 Å². The maximum Gasteiger partial charge on any atom is 0.344 e. The van der Waals surface area contributed by atoms with E-state index in [4.69, 9.17) is 37.9 Å². The summed E-state index contributed by atoms with van der Waals surface area (Å²) in [5.74, 6) is -0.363. The fourth-order valence-corrected chi connectivity index (χ4v) is 2.86. The third-order valence-electron chi connectivity index (χ3n) is 3.89. The van der Waals surface area contributed by atoms with E-state index in [1.54, 1.807) is 12.1 Å². The molecule has 0 radical (unpaired) electrons. The van der Waals surface area contributed by atoms with E-state index in [1.165, 1.54) is 6.21 Å². The molecule has 8 heteroatoms. The van der Waals surface area contributed by atoms with Crippen molar-refractivity contribution in [3.63, 3.8) is 0 Å². The summed E-state index contributed by atoms with van der Waals surface area (Å²) in [4.78, 5) is 15.1. The number of rotatable bonds is 7. The monoisotopic (exact) mass is 406 g/mol. The normalized spacial score (nSPS) is 11.2. The van der Waals surface area contributed by atoms with E-state index in [9.17, 15) is 4.79 Å². The summed E-state index contributed by atoms with van der Waals surface area (Å²) < 4.78 is 7.76. The number of aryl methyl sites for hydroxylation is 1. The quantitative estimate of drug-likeness (QED) is 0.463. The second-order valence-electron chi connectivity index (χ2n) is 5.79. The zero-order valence-corrected chi connectivity index (χ0v) is 15.9. The van der Waals surface area contributed by atoms with Crippen LogP contribution in [0.2, 0.25) is 10.0 Å². The van der Waals surface area contributed by atoms with E-state index in [2.05, 4.69) is 5.16 Å². The van der Waals surface area contributed by atoms with Gasteiger partial charge in [-0.3, -0.25) is 0 Å². The SMILES string of the molecule is Cn1c(C=NOCC(=O)O)cc2cc(OCc3ccc(Cl)c(Cl)c3)ccc21. The van der Waals surface area contributed by atoms with Crippen LogP contribution in [0.5, 0.6) is 5.75 Å². The number of aromatic nitrogens is 1. The Balaban J connectivity index is 1.72. The fourth-order valence-electron chi connectivity index (χ4n) is 2.54. The predicted molar refractivity (Wildman–Crippen MR) is 105 cm³/mol. The van der Waals surface area contributed by atoms with Crippen molar-refractivity contribution in [3.05, 3.63) is 63.8 Å². The number of carbonyl (C=O) groups is 1. The number of carboxylic acid groups (broad SMARTS) is 1. The highest BCUT2D eigenvalue weighted by Gasteiger charge is 2.07. The van der Waals surface area contributed by atoms with Crippen molar-refractivity contribution in [1.29, 1.82) is 0 Å². The maximum absolute atomic E-state index is 10.4. The molecule has 0 saturated heterocycles. The standard InChI is InChI=1S/C19H16Cl2N2O4/c1-23-14(9-22-27-11-19(24)25)7-13-8-15(3-5-18(13)23)26-10-12-2-4-16(20)17(21)6-12/h2-9H,10-11H2,1H3,(H,24,25). The number of oxime groups is 1. The number of benzene rings is 2. The van der Waals surface area contributed by atoms with E-state index in [1.807, 2.05) is 41.9 Å². The molecule has 0 fully saturated rings. The van der Waals surface area contributed by atoms with Crippen LogP contribution in [-0.2, 0) is 23.3 Å². The summed E-state index contributed by atoms with van der Waals surface area (Å²) in [6, 6.07) is 13.0. The zero-order valence-electron chi connectivity index (χ0n) is 14.4. The van der Waals surface area contributed by atoms with Crippen molar-refractivity contribution in [2.75, 3.05) is 6.61 Å². The molecule has 3 aromatic rings. The zero-order chi connectivity index (χ0) is 19.4. The molecule has 0 saturated carbocycles. The fraction of sp³-hybridized carbons (Fsp3) is 0.158. The molecule has 0 spiro atoms. The number of hydrogen-bond donors (Lipinski definition) is 1. The molecule has 1 aromatic heterocycles. The number of aliphatic carboxylic acids is 1. The highest BCUT2D eigenvalue weighted by molar-refractivity contribution is 6.42. The molecule has 3 rings (SSSR count). The van der Waals surface area contributed by atoms with Crippen molar-refractivity contribution in [2.45, 2.75) is 6.61 Å². The van der Waals surface area contributed by atoms with Gasteiger partial charge in [-0.05, 0) is 42.0 Å². The molecular formula is C19H16Cl2N2O4. The third-order valence-corrected chi connectivity index (χ3v) is 4.63. The van der Waals surface area contributed by atoms with E-state index < -0.39 is 12.6 Å². The van der Waals surface area contributed by atoms with Crippen LogP contribution < -0.4 is 4.74 Å². The van der Waals surface area contributed by atoms with Crippen LogP contribution in [-0.4, -0.2) is 28.5 Å². The van der Waals surface area contributed by atoms with E-state index in [0.29, 0.717) is 22.4 Å². The van der Waals surface area contributed by atoms with E-state index in [-0.39, 0.29) is 0 Å². The lowest BCUT2D eigenvalue weighted by atomic mass is 10.2. The summed E-state index contributed by atoms with van der Waals surface area (Å²) in [5.41, 5.74) is 2.68. The van der Waals surface area contributed by atoms with Crippen LogP contribution in [0.4, 0.5) is 0 Å². The Bertz CT molecular complexity index is 1010. The van der Waals surface area contributed by atoms with E-state index >= 15 is 0 Å². The average molecular weight is 407 g/mol. The molecule has 1 heterocycles. The molecule has 0 aliphatic rings. The average Bonchev–Trinajstić information content (AvgIpc) is 2.95. The molecule has 0 atom stereocenters. The first-order chi connectivity index (χ1) is 12.9. The van der Waals surface area contributed by atoms with Gasteiger partial charge in [0.1, 0.15) is 12.4 Å². The summed E-state index contributed by atoms with van der Waals surface area (Å²) in [7, 11) is 1.89. The summed E-state index contributed by atoms with van der Waals surface area (Å²) in [5, 5.41) is 14.2. The lowest BCUT2D eigenvalue weighted by Crippen LogP contribution is -2.03. The van der Waals surface area contributed by atoms with Crippen LogP contribution in [0.15, 0.2) is 47.6 Å². The molecule has 0 aliphatic heterocycles. The minimum atomic E-state index is -1.08. The van der Waals surface area contributed by atoms with Crippen LogP contribution >= 0.6 is 23.2 Å². The Morgan fingerprint density at radius 1 is 1.19 bits per heavy atom. The van der Waals surface area contributed by atoms with Gasteiger partial charge >= 0.3 is 5.97 Å². The third kappa shape index (κ3) is 4.72. The first-order valence-electron chi connectivity index (χ1n) is 7.97. The Morgan fingerprint density at radius 3 is 2.74 bits per heavy atom.